The van der Waals surface area contributed by atoms with Crippen molar-refractivity contribution in [1.29, 1.82) is 0 Å². The molecule has 15 nitrogen and oxygen atoms in total. The van der Waals surface area contributed by atoms with E-state index in [4.69, 9.17) is 9.57 Å². The number of carbonyl (C=O) groups excluding carboxylic acids is 1. The number of phosphoric acid groups is 1. The summed E-state index contributed by atoms with van der Waals surface area (Å²) in [6.07, 6.45) is 3.09. The van der Waals surface area contributed by atoms with Gasteiger partial charge in [-0.2, -0.15) is 0 Å². The van der Waals surface area contributed by atoms with E-state index >= 15 is 0 Å². The normalized spacial score (nSPS) is 18.8. The highest BCUT2D eigenvalue weighted by molar-refractivity contribution is 7.43. The Morgan fingerprint density at radius 3 is 2.66 bits per heavy atom. The summed E-state index contributed by atoms with van der Waals surface area (Å²) in [6.45, 7) is 0.132. The highest BCUT2D eigenvalue weighted by Crippen LogP contribution is 2.30. The lowest BCUT2D eigenvalue weighted by Gasteiger charge is -2.29. The zero-order valence-electron chi connectivity index (χ0n) is 20.5. The van der Waals surface area contributed by atoms with Crippen LogP contribution in [0, 0.1) is 5.82 Å². The SMILES string of the molecule is O=C1O[C@@H](Cn2ccnn2)CN1c1ccc(-c2ccc(C3=NOC(COP(=O)([O-])[O-])C3)nc2)c(F)c1.[NH4+].[NH4+]. The number of oxime groups is 1. The van der Waals surface area contributed by atoms with Gasteiger partial charge in [0.15, 0.2) is 6.10 Å². The van der Waals surface area contributed by atoms with E-state index in [2.05, 4.69) is 25.0 Å². The van der Waals surface area contributed by atoms with Gasteiger partial charge in [0.05, 0.1) is 45.1 Å². The molecule has 3 aromatic rings. The number of amides is 1. The Labute approximate surface area is 215 Å². The predicted octanol–water partition coefficient (Wildman–Crippen LogP) is 1.60. The van der Waals surface area contributed by atoms with Crippen molar-refractivity contribution in [1.82, 2.24) is 32.3 Å². The number of phosphoric ester groups is 1. The molecule has 2 atom stereocenters. The number of cyclic esters (lactones) is 1. The van der Waals surface area contributed by atoms with Crippen molar-refractivity contribution < 1.29 is 37.6 Å². The van der Waals surface area contributed by atoms with E-state index in [1.807, 2.05) is 0 Å². The molecule has 2 aromatic heterocycles. The first-order chi connectivity index (χ1) is 17.2. The average Bonchev–Trinajstić information content (AvgIpc) is 3.59. The first kappa shape index (κ1) is 28.8. The van der Waals surface area contributed by atoms with Gasteiger partial charge in [0.1, 0.15) is 17.6 Å². The summed E-state index contributed by atoms with van der Waals surface area (Å²) >= 11 is 0. The summed E-state index contributed by atoms with van der Waals surface area (Å²) in [7, 11) is -5.10. The fraction of sp³-hybridized carbons (Fsp3) is 0.286. The van der Waals surface area contributed by atoms with Gasteiger partial charge in [-0.1, -0.05) is 16.4 Å². The number of hydrogen-bond acceptors (Lipinski definition) is 11. The van der Waals surface area contributed by atoms with Crippen LogP contribution in [0.15, 0.2) is 54.1 Å². The number of halogens is 1. The van der Waals surface area contributed by atoms with Gasteiger partial charge in [-0.3, -0.25) is 9.88 Å². The van der Waals surface area contributed by atoms with Crippen LogP contribution in [0.3, 0.4) is 0 Å². The summed E-state index contributed by atoms with van der Waals surface area (Å²) < 4.78 is 36.7. The maximum absolute atomic E-state index is 15.0. The van der Waals surface area contributed by atoms with Gasteiger partial charge in [-0.15, -0.1) is 5.10 Å². The third-order valence-corrected chi connectivity index (χ3v) is 5.99. The summed E-state index contributed by atoms with van der Waals surface area (Å²) in [6, 6.07) is 7.69. The number of carbonyl (C=O) groups is 1. The number of nitrogens with zero attached hydrogens (tertiary/aromatic N) is 6. The van der Waals surface area contributed by atoms with Crippen LogP contribution in [-0.4, -0.2) is 57.1 Å². The average molecular weight is 552 g/mol. The molecule has 4 heterocycles. The first-order valence-corrected chi connectivity index (χ1v) is 12.2. The summed E-state index contributed by atoms with van der Waals surface area (Å²) in [4.78, 5) is 44.2. The van der Waals surface area contributed by atoms with Crippen molar-refractivity contribution in [2.24, 2.45) is 5.16 Å². The third-order valence-electron chi connectivity index (χ3n) is 5.52. The van der Waals surface area contributed by atoms with Gasteiger partial charge in [-0.05, 0) is 24.3 Å². The lowest BCUT2D eigenvalue weighted by Crippen LogP contribution is -2.26. The van der Waals surface area contributed by atoms with Crippen molar-refractivity contribution in [2.75, 3.05) is 18.1 Å². The second-order valence-corrected chi connectivity index (χ2v) is 9.20. The molecule has 0 saturated carbocycles. The molecule has 1 aromatic carbocycles. The molecule has 2 aliphatic heterocycles. The molecule has 1 fully saturated rings. The molecule has 1 amide bonds. The van der Waals surface area contributed by atoms with E-state index < -0.39 is 38.5 Å². The van der Waals surface area contributed by atoms with Gasteiger partial charge < -0.3 is 40.8 Å². The number of benzene rings is 1. The van der Waals surface area contributed by atoms with Gasteiger partial charge in [0.25, 0.3) is 0 Å². The molecule has 2 aliphatic rings. The lowest BCUT2D eigenvalue weighted by atomic mass is 10.0. The molecule has 5 rings (SSSR count). The lowest BCUT2D eigenvalue weighted by molar-refractivity contribution is -0.342. The maximum atomic E-state index is 15.0. The van der Waals surface area contributed by atoms with Crippen LogP contribution in [0.25, 0.3) is 11.1 Å². The van der Waals surface area contributed by atoms with Crippen molar-refractivity contribution in [2.45, 2.75) is 25.2 Å². The smallest absolute Gasteiger partial charge is 0.414 e. The Balaban J connectivity index is 0.00000200. The quantitative estimate of drug-likeness (QED) is 0.382. The molecule has 1 unspecified atom stereocenters. The van der Waals surface area contributed by atoms with Crippen molar-refractivity contribution in [3.63, 3.8) is 0 Å². The second kappa shape index (κ2) is 11.7. The van der Waals surface area contributed by atoms with E-state index in [1.54, 1.807) is 35.1 Å². The van der Waals surface area contributed by atoms with E-state index in [0.29, 0.717) is 29.2 Å². The summed E-state index contributed by atoms with van der Waals surface area (Å²) in [5.41, 5.74) is 2.02. The molecule has 0 aliphatic carbocycles. The molecular formula is C21H26FN8O7P. The third kappa shape index (κ3) is 6.55. The van der Waals surface area contributed by atoms with Crippen molar-refractivity contribution in [3.05, 3.63) is 60.4 Å². The molecule has 8 N–H and O–H groups in total. The highest BCUT2D eigenvalue weighted by Gasteiger charge is 2.33. The largest absolute Gasteiger partial charge is 0.790 e. The molecule has 1 saturated heterocycles. The molecule has 0 bridgehead atoms. The number of rotatable bonds is 8. The zero-order valence-corrected chi connectivity index (χ0v) is 21.4. The Kier molecular flexibility index (Phi) is 8.88. The zero-order chi connectivity index (χ0) is 25.3. The minimum Gasteiger partial charge on any atom is -0.790 e. The van der Waals surface area contributed by atoms with E-state index in [9.17, 15) is 23.5 Å². The van der Waals surface area contributed by atoms with Crippen molar-refractivity contribution in [3.8, 4) is 11.1 Å². The topological polar surface area (TPSA) is 240 Å². The van der Waals surface area contributed by atoms with Crippen LogP contribution in [0.5, 0.6) is 0 Å². The van der Waals surface area contributed by atoms with E-state index in [-0.39, 0.29) is 30.8 Å². The highest BCUT2D eigenvalue weighted by atomic mass is 31.2. The Morgan fingerprint density at radius 2 is 2.00 bits per heavy atom. The summed E-state index contributed by atoms with van der Waals surface area (Å²) in [5.74, 6) is -0.548. The Bertz CT molecular complexity index is 1340. The van der Waals surface area contributed by atoms with Crippen LogP contribution >= 0.6 is 7.82 Å². The molecule has 0 radical (unpaired) electrons. The molecular weight excluding hydrogens is 526 g/mol. The predicted molar refractivity (Wildman–Crippen MR) is 129 cm³/mol. The van der Waals surface area contributed by atoms with Crippen LogP contribution in [-0.2, 0) is 25.2 Å². The van der Waals surface area contributed by atoms with Crippen LogP contribution < -0.4 is 27.0 Å². The number of ether oxygens (including phenoxy) is 1. The van der Waals surface area contributed by atoms with Crippen molar-refractivity contribution >= 4 is 25.3 Å². The van der Waals surface area contributed by atoms with Gasteiger partial charge in [-0.25, -0.2) is 13.9 Å². The second-order valence-electron chi connectivity index (χ2n) is 8.05. The molecule has 204 valence electrons. The Morgan fingerprint density at radius 1 is 1.18 bits per heavy atom. The monoisotopic (exact) mass is 552 g/mol. The van der Waals surface area contributed by atoms with Gasteiger partial charge >= 0.3 is 6.09 Å². The molecule has 0 spiro atoms. The standard InChI is InChI=1S/C21H20FN6O7P.2H3N/c22-18-7-14(28-11-16(34-21(28)29)10-27-6-5-24-26-27)2-3-17(18)13-1-4-19(23-9-13)20-8-15(35-25-20)12-33-36(30,31)32;;/h1-7,9,15-16H,8,10-12H2,(H2,30,31,32);2*1H3/t15?,16-;;/m0../s1. The van der Waals surface area contributed by atoms with Crippen LogP contribution in [0.4, 0.5) is 14.9 Å². The van der Waals surface area contributed by atoms with E-state index in [1.165, 1.54) is 23.4 Å². The summed E-state index contributed by atoms with van der Waals surface area (Å²) in [5, 5.41) is 11.4. The Hall–Kier alpha value is -3.79. The minimum atomic E-state index is -5.10. The van der Waals surface area contributed by atoms with Crippen LogP contribution in [0.1, 0.15) is 12.1 Å². The number of hydrogen-bond donors (Lipinski definition) is 2. The van der Waals surface area contributed by atoms with E-state index in [0.717, 1.165) is 0 Å². The number of anilines is 1. The minimum absolute atomic E-state index is 0. The number of quaternary nitrogens is 2. The maximum Gasteiger partial charge on any atom is 0.414 e. The van der Waals surface area contributed by atoms with Crippen LogP contribution in [0.2, 0.25) is 0 Å². The van der Waals surface area contributed by atoms with Gasteiger partial charge in [0, 0.05) is 29.9 Å². The fourth-order valence-corrected chi connectivity index (χ4v) is 4.19. The fourth-order valence-electron chi connectivity index (χ4n) is 3.84. The van der Waals surface area contributed by atoms with Gasteiger partial charge in [0.2, 0.25) is 0 Å². The number of pyridine rings is 1. The molecule has 17 heteroatoms. The molecule has 38 heavy (non-hydrogen) atoms. The number of aromatic nitrogens is 4. The first-order valence-electron chi connectivity index (χ1n) is 10.7.